The van der Waals surface area contributed by atoms with Crippen molar-refractivity contribution in [2.24, 2.45) is 0 Å². The molecule has 170 valence electrons. The zero-order chi connectivity index (χ0) is 23.2. The van der Waals surface area contributed by atoms with Gasteiger partial charge in [-0.3, -0.25) is 14.5 Å². The maximum atomic E-state index is 12.5. The fourth-order valence-corrected chi connectivity index (χ4v) is 3.71. The van der Waals surface area contributed by atoms with Crippen LogP contribution < -0.4 is 20.1 Å². The van der Waals surface area contributed by atoms with E-state index in [4.69, 9.17) is 9.47 Å². The molecule has 0 atom stereocenters. The molecule has 0 aromatic heterocycles. The number of amides is 2. The van der Waals surface area contributed by atoms with E-state index >= 15 is 0 Å². The van der Waals surface area contributed by atoms with E-state index in [1.54, 1.807) is 30.5 Å². The van der Waals surface area contributed by atoms with Crippen LogP contribution in [0.15, 0.2) is 54.2 Å². The predicted octanol–water partition coefficient (Wildman–Crippen LogP) is 2.54. The van der Waals surface area contributed by atoms with Crippen LogP contribution in [0.4, 0.5) is 11.4 Å². The SMILES string of the molecule is CC(=O)Nc1ccc(NC(=O)/C(C#N)=C\N2CCN(Cc3ccc4c(c3)OCO4)CC2)cc1. The molecule has 0 aliphatic carbocycles. The molecular weight excluding hydrogens is 422 g/mol. The number of carbonyl (C=O) groups is 2. The number of benzene rings is 2. The predicted molar refractivity (Wildman–Crippen MR) is 122 cm³/mol. The molecule has 2 N–H and O–H groups in total. The number of nitriles is 1. The molecule has 0 radical (unpaired) electrons. The Balaban J connectivity index is 1.29. The highest BCUT2D eigenvalue weighted by Gasteiger charge is 2.19. The summed E-state index contributed by atoms with van der Waals surface area (Å²) in [5.74, 6) is 0.924. The van der Waals surface area contributed by atoms with Crippen molar-refractivity contribution in [2.75, 3.05) is 43.6 Å². The average Bonchev–Trinajstić information content (AvgIpc) is 3.27. The van der Waals surface area contributed by atoms with E-state index in [1.165, 1.54) is 6.92 Å². The van der Waals surface area contributed by atoms with E-state index in [0.29, 0.717) is 24.5 Å². The number of anilines is 2. The van der Waals surface area contributed by atoms with E-state index < -0.39 is 5.91 Å². The molecule has 9 nitrogen and oxygen atoms in total. The molecule has 2 amide bonds. The number of rotatable bonds is 6. The molecule has 9 heteroatoms. The first-order chi connectivity index (χ1) is 16.0. The van der Waals surface area contributed by atoms with Gasteiger partial charge >= 0.3 is 0 Å². The Hall–Kier alpha value is -4.03. The van der Waals surface area contributed by atoms with Crippen molar-refractivity contribution in [2.45, 2.75) is 13.5 Å². The van der Waals surface area contributed by atoms with Gasteiger partial charge in [0.2, 0.25) is 12.7 Å². The number of fused-ring (bicyclic) bond motifs is 1. The van der Waals surface area contributed by atoms with Crippen molar-refractivity contribution in [3.8, 4) is 17.6 Å². The van der Waals surface area contributed by atoms with Crippen LogP contribution in [0.1, 0.15) is 12.5 Å². The third kappa shape index (κ3) is 5.81. The Kier molecular flexibility index (Phi) is 6.76. The molecular formula is C24H25N5O4. The van der Waals surface area contributed by atoms with Gasteiger partial charge < -0.3 is 25.0 Å². The second kappa shape index (κ2) is 10.1. The zero-order valence-electron chi connectivity index (χ0n) is 18.3. The third-order valence-electron chi connectivity index (χ3n) is 5.39. The highest BCUT2D eigenvalue weighted by atomic mass is 16.7. The Morgan fingerprint density at radius 2 is 1.67 bits per heavy atom. The summed E-state index contributed by atoms with van der Waals surface area (Å²) in [6.45, 7) is 5.56. The van der Waals surface area contributed by atoms with E-state index in [0.717, 1.165) is 36.7 Å². The molecule has 4 rings (SSSR count). The number of hydrogen-bond acceptors (Lipinski definition) is 7. The molecule has 1 saturated heterocycles. The van der Waals surface area contributed by atoms with Crippen molar-refractivity contribution >= 4 is 23.2 Å². The van der Waals surface area contributed by atoms with Gasteiger partial charge in [0.1, 0.15) is 11.6 Å². The molecule has 1 fully saturated rings. The lowest BCUT2D eigenvalue weighted by Gasteiger charge is -2.34. The van der Waals surface area contributed by atoms with Crippen LogP contribution in [0.3, 0.4) is 0 Å². The van der Waals surface area contributed by atoms with Crippen LogP contribution in [-0.2, 0) is 16.1 Å². The Labute approximate surface area is 192 Å². The maximum Gasteiger partial charge on any atom is 0.267 e. The first-order valence-corrected chi connectivity index (χ1v) is 10.7. The minimum Gasteiger partial charge on any atom is -0.454 e. The number of nitrogens with zero attached hydrogens (tertiary/aromatic N) is 3. The number of hydrogen-bond donors (Lipinski definition) is 2. The van der Waals surface area contributed by atoms with Crippen LogP contribution >= 0.6 is 0 Å². The largest absolute Gasteiger partial charge is 0.454 e. The Morgan fingerprint density at radius 1 is 1.00 bits per heavy atom. The molecule has 2 heterocycles. The number of piperazine rings is 1. The minimum absolute atomic E-state index is 0.0464. The molecule has 2 aliphatic heterocycles. The van der Waals surface area contributed by atoms with Crippen LogP contribution in [-0.4, -0.2) is 54.6 Å². The number of carbonyl (C=O) groups excluding carboxylic acids is 2. The van der Waals surface area contributed by atoms with Crippen molar-refractivity contribution < 1.29 is 19.1 Å². The molecule has 2 aliphatic rings. The van der Waals surface area contributed by atoms with Gasteiger partial charge in [0, 0.05) is 57.2 Å². The topological polar surface area (TPSA) is 107 Å². The van der Waals surface area contributed by atoms with Gasteiger partial charge in [0.05, 0.1) is 0 Å². The third-order valence-corrected chi connectivity index (χ3v) is 5.39. The van der Waals surface area contributed by atoms with Gasteiger partial charge in [-0.1, -0.05) is 6.07 Å². The Bertz CT molecular complexity index is 1100. The maximum absolute atomic E-state index is 12.5. The second-order valence-corrected chi connectivity index (χ2v) is 7.87. The minimum atomic E-state index is -0.465. The molecule has 33 heavy (non-hydrogen) atoms. The fourth-order valence-electron chi connectivity index (χ4n) is 3.71. The van der Waals surface area contributed by atoms with Gasteiger partial charge in [0.25, 0.3) is 5.91 Å². The van der Waals surface area contributed by atoms with E-state index in [2.05, 4.69) is 15.5 Å². The first kappa shape index (κ1) is 22.2. The fraction of sp³-hybridized carbons (Fsp3) is 0.292. The normalized spacial score (nSPS) is 15.6. The van der Waals surface area contributed by atoms with Crippen LogP contribution in [0.2, 0.25) is 0 Å². The lowest BCUT2D eigenvalue weighted by atomic mass is 10.1. The standard InChI is InChI=1S/C24H25N5O4/c1-17(30)26-20-3-5-21(6-4-20)27-24(31)19(13-25)15-29-10-8-28(9-11-29)14-18-2-7-22-23(12-18)33-16-32-22/h2-7,12,15H,8-11,14,16H2,1H3,(H,26,30)(H,27,31)/b19-15-. The molecule has 0 spiro atoms. The molecule has 0 bridgehead atoms. The van der Waals surface area contributed by atoms with E-state index in [-0.39, 0.29) is 18.3 Å². The summed E-state index contributed by atoms with van der Waals surface area (Å²) >= 11 is 0. The average molecular weight is 447 g/mol. The highest BCUT2D eigenvalue weighted by Crippen LogP contribution is 2.32. The van der Waals surface area contributed by atoms with Gasteiger partial charge in [-0.05, 0) is 42.0 Å². The van der Waals surface area contributed by atoms with E-state index in [9.17, 15) is 14.9 Å². The van der Waals surface area contributed by atoms with Gasteiger partial charge in [-0.2, -0.15) is 5.26 Å². The molecule has 2 aromatic rings. The van der Waals surface area contributed by atoms with Crippen LogP contribution in [0.25, 0.3) is 0 Å². The lowest BCUT2D eigenvalue weighted by Crippen LogP contribution is -2.43. The summed E-state index contributed by atoms with van der Waals surface area (Å²) in [6.07, 6.45) is 1.62. The number of nitrogens with one attached hydrogen (secondary N) is 2. The highest BCUT2D eigenvalue weighted by molar-refractivity contribution is 6.06. The zero-order valence-corrected chi connectivity index (χ0v) is 18.3. The monoisotopic (exact) mass is 447 g/mol. The van der Waals surface area contributed by atoms with Gasteiger partial charge in [0.15, 0.2) is 11.5 Å². The Morgan fingerprint density at radius 3 is 2.33 bits per heavy atom. The molecule has 0 saturated carbocycles. The summed E-state index contributed by atoms with van der Waals surface area (Å²) in [7, 11) is 0. The van der Waals surface area contributed by atoms with Crippen LogP contribution in [0, 0.1) is 11.3 Å². The van der Waals surface area contributed by atoms with Crippen molar-refractivity contribution in [1.29, 1.82) is 5.26 Å². The summed E-state index contributed by atoms with van der Waals surface area (Å²) in [5.41, 5.74) is 2.38. The van der Waals surface area contributed by atoms with Crippen LogP contribution in [0.5, 0.6) is 11.5 Å². The van der Waals surface area contributed by atoms with Crippen molar-refractivity contribution in [1.82, 2.24) is 9.80 Å². The first-order valence-electron chi connectivity index (χ1n) is 10.7. The molecule has 2 aromatic carbocycles. The lowest BCUT2D eigenvalue weighted by molar-refractivity contribution is -0.114. The number of ether oxygens (including phenoxy) is 2. The summed E-state index contributed by atoms with van der Waals surface area (Å²) < 4.78 is 10.8. The van der Waals surface area contributed by atoms with Gasteiger partial charge in [-0.25, -0.2) is 0 Å². The van der Waals surface area contributed by atoms with Crippen molar-refractivity contribution in [3.05, 3.63) is 59.8 Å². The molecule has 0 unspecified atom stereocenters. The van der Waals surface area contributed by atoms with Gasteiger partial charge in [-0.15, -0.1) is 0 Å². The second-order valence-electron chi connectivity index (χ2n) is 7.87. The smallest absolute Gasteiger partial charge is 0.267 e. The van der Waals surface area contributed by atoms with Crippen molar-refractivity contribution in [3.63, 3.8) is 0 Å². The quantitative estimate of drug-likeness (QED) is 0.518. The van der Waals surface area contributed by atoms with E-state index in [1.807, 2.05) is 29.2 Å². The summed E-state index contributed by atoms with van der Waals surface area (Å²) in [6, 6.07) is 14.7. The summed E-state index contributed by atoms with van der Waals surface area (Å²) in [5, 5.41) is 14.9. The summed E-state index contributed by atoms with van der Waals surface area (Å²) in [4.78, 5) is 28.0.